The molecule has 31 heavy (non-hydrogen) atoms. The molecule has 0 aliphatic heterocycles. The van der Waals surface area contributed by atoms with Crippen molar-refractivity contribution in [2.45, 2.75) is 4.90 Å². The van der Waals surface area contributed by atoms with Crippen LogP contribution in [0.15, 0.2) is 86.9 Å². The zero-order valence-corrected chi connectivity index (χ0v) is 16.5. The third kappa shape index (κ3) is 4.17. The summed E-state index contributed by atoms with van der Waals surface area (Å²) in [6.45, 7) is 0. The summed E-state index contributed by atoms with van der Waals surface area (Å²) in [5.74, 6) is -1.23. The summed E-state index contributed by atoms with van der Waals surface area (Å²) >= 11 is 0. The number of halogens is 1. The van der Waals surface area contributed by atoms with E-state index in [1.54, 1.807) is 0 Å². The van der Waals surface area contributed by atoms with Crippen molar-refractivity contribution in [2.24, 2.45) is 0 Å². The van der Waals surface area contributed by atoms with Gasteiger partial charge in [0.25, 0.3) is 10.0 Å². The van der Waals surface area contributed by atoms with Crippen LogP contribution in [0, 0.1) is 5.82 Å². The predicted octanol–water partition coefficient (Wildman–Crippen LogP) is 3.67. The SMILES string of the molecule is O=C(c1ccc(NS(=O)(=O)c2ccc(F)cc2)cc1)c1cc2ccc(O)cc2oc1=O. The van der Waals surface area contributed by atoms with E-state index in [2.05, 4.69) is 4.72 Å². The van der Waals surface area contributed by atoms with Crippen LogP contribution in [0.25, 0.3) is 11.0 Å². The topological polar surface area (TPSA) is 114 Å². The van der Waals surface area contributed by atoms with Gasteiger partial charge in [0, 0.05) is 22.7 Å². The van der Waals surface area contributed by atoms with Crippen LogP contribution in [0.3, 0.4) is 0 Å². The van der Waals surface area contributed by atoms with Crippen molar-refractivity contribution in [3.8, 4) is 5.75 Å². The molecule has 3 aromatic carbocycles. The summed E-state index contributed by atoms with van der Waals surface area (Å²) in [5, 5.41) is 9.94. The second-order valence-corrected chi connectivity index (χ2v) is 8.32. The molecule has 1 heterocycles. The van der Waals surface area contributed by atoms with Crippen LogP contribution in [0.2, 0.25) is 0 Å². The van der Waals surface area contributed by atoms with Gasteiger partial charge < -0.3 is 9.52 Å². The molecular formula is C22H14FNO6S. The average Bonchev–Trinajstić information content (AvgIpc) is 2.73. The van der Waals surface area contributed by atoms with Crippen LogP contribution < -0.4 is 10.3 Å². The monoisotopic (exact) mass is 439 g/mol. The minimum absolute atomic E-state index is 0.0756. The number of ketones is 1. The first-order valence-electron chi connectivity index (χ1n) is 8.93. The quantitative estimate of drug-likeness (QED) is 0.362. The lowest BCUT2D eigenvalue weighted by molar-refractivity contribution is 0.103. The molecule has 0 aliphatic rings. The number of rotatable bonds is 5. The summed E-state index contributed by atoms with van der Waals surface area (Å²) in [5.41, 5.74) is -0.578. The lowest BCUT2D eigenvalue weighted by atomic mass is 10.0. The molecule has 4 aromatic rings. The van der Waals surface area contributed by atoms with Gasteiger partial charge in [0.1, 0.15) is 22.7 Å². The highest BCUT2D eigenvalue weighted by molar-refractivity contribution is 7.92. The van der Waals surface area contributed by atoms with Gasteiger partial charge in [0.2, 0.25) is 0 Å². The number of aromatic hydroxyl groups is 1. The van der Waals surface area contributed by atoms with E-state index < -0.39 is 27.2 Å². The fourth-order valence-electron chi connectivity index (χ4n) is 2.93. The standard InChI is InChI=1S/C22H14FNO6S/c23-15-4-9-18(10-5-15)31(28,29)24-16-6-1-13(2-7-16)21(26)19-11-14-3-8-17(25)12-20(14)30-22(19)27/h1-12,24-25H. The van der Waals surface area contributed by atoms with Crippen LogP contribution >= 0.6 is 0 Å². The summed E-state index contributed by atoms with van der Waals surface area (Å²) in [7, 11) is -3.94. The van der Waals surface area contributed by atoms with Crippen molar-refractivity contribution in [1.29, 1.82) is 0 Å². The molecule has 1 aromatic heterocycles. The number of fused-ring (bicyclic) bond motifs is 1. The molecule has 0 bridgehead atoms. The van der Waals surface area contributed by atoms with Crippen molar-refractivity contribution in [3.05, 3.63) is 100 Å². The molecule has 0 amide bonds. The van der Waals surface area contributed by atoms with Crippen molar-refractivity contribution >= 4 is 32.5 Å². The number of benzene rings is 3. The molecule has 0 atom stereocenters. The summed E-state index contributed by atoms with van der Waals surface area (Å²) in [6.07, 6.45) is 0. The Labute approximate surface area is 175 Å². The van der Waals surface area contributed by atoms with Gasteiger partial charge in [0.15, 0.2) is 5.78 Å². The number of phenolic OH excluding ortho intramolecular Hbond substituents is 1. The fraction of sp³-hybridized carbons (Fsp3) is 0. The first kappa shape index (κ1) is 20.3. The molecule has 0 saturated heterocycles. The minimum Gasteiger partial charge on any atom is -0.508 e. The average molecular weight is 439 g/mol. The number of carbonyl (C=O) groups excluding carboxylic acids is 1. The highest BCUT2D eigenvalue weighted by atomic mass is 32.2. The Kier molecular flexibility index (Phi) is 5.04. The van der Waals surface area contributed by atoms with Gasteiger partial charge in [-0.15, -0.1) is 0 Å². The maximum atomic E-state index is 13.0. The highest BCUT2D eigenvalue weighted by Crippen LogP contribution is 2.21. The van der Waals surface area contributed by atoms with Crippen LogP contribution in [0.1, 0.15) is 15.9 Å². The molecule has 0 spiro atoms. The van der Waals surface area contributed by atoms with Gasteiger partial charge in [-0.1, -0.05) is 0 Å². The third-order valence-electron chi connectivity index (χ3n) is 4.49. The maximum absolute atomic E-state index is 13.0. The van der Waals surface area contributed by atoms with Crippen molar-refractivity contribution in [2.75, 3.05) is 4.72 Å². The fourth-order valence-corrected chi connectivity index (χ4v) is 3.99. The molecule has 0 radical (unpaired) electrons. The molecule has 4 rings (SSSR count). The molecule has 9 heteroatoms. The summed E-state index contributed by atoms with van der Waals surface area (Å²) in [6, 6.07) is 15.4. The number of nitrogens with one attached hydrogen (secondary N) is 1. The zero-order chi connectivity index (χ0) is 22.2. The van der Waals surface area contributed by atoms with E-state index in [9.17, 15) is 27.5 Å². The van der Waals surface area contributed by atoms with E-state index in [-0.39, 0.29) is 33.0 Å². The number of sulfonamides is 1. The second kappa shape index (κ2) is 7.69. The van der Waals surface area contributed by atoms with E-state index in [1.807, 2.05) is 0 Å². The Morgan fingerprint density at radius 2 is 1.61 bits per heavy atom. The van der Waals surface area contributed by atoms with Gasteiger partial charge in [0.05, 0.1) is 4.90 Å². The van der Waals surface area contributed by atoms with E-state index >= 15 is 0 Å². The Hall–Kier alpha value is -3.98. The number of anilines is 1. The van der Waals surface area contributed by atoms with E-state index in [1.165, 1.54) is 48.5 Å². The Bertz CT molecular complexity index is 1460. The van der Waals surface area contributed by atoms with E-state index in [0.717, 1.165) is 24.3 Å². The minimum atomic E-state index is -3.94. The van der Waals surface area contributed by atoms with Crippen molar-refractivity contribution < 1.29 is 27.1 Å². The molecule has 0 unspecified atom stereocenters. The van der Waals surface area contributed by atoms with Crippen LogP contribution in [0.5, 0.6) is 5.75 Å². The number of phenols is 1. The lowest BCUT2D eigenvalue weighted by Crippen LogP contribution is -2.15. The lowest BCUT2D eigenvalue weighted by Gasteiger charge is -2.09. The Morgan fingerprint density at radius 3 is 2.29 bits per heavy atom. The first-order valence-corrected chi connectivity index (χ1v) is 10.4. The first-order chi connectivity index (χ1) is 14.7. The Balaban J connectivity index is 1.59. The van der Waals surface area contributed by atoms with Gasteiger partial charge >= 0.3 is 5.63 Å². The van der Waals surface area contributed by atoms with Crippen LogP contribution in [-0.2, 0) is 10.0 Å². The summed E-state index contributed by atoms with van der Waals surface area (Å²) < 4.78 is 45.2. The van der Waals surface area contributed by atoms with Crippen LogP contribution in [-0.4, -0.2) is 19.3 Å². The van der Waals surface area contributed by atoms with E-state index in [4.69, 9.17) is 4.42 Å². The second-order valence-electron chi connectivity index (χ2n) is 6.64. The van der Waals surface area contributed by atoms with Crippen molar-refractivity contribution in [1.82, 2.24) is 0 Å². The van der Waals surface area contributed by atoms with Gasteiger partial charge in [-0.05, 0) is 66.7 Å². The zero-order valence-electron chi connectivity index (χ0n) is 15.7. The highest BCUT2D eigenvalue weighted by Gasteiger charge is 2.18. The van der Waals surface area contributed by atoms with Crippen LogP contribution in [0.4, 0.5) is 10.1 Å². The molecule has 7 nitrogen and oxygen atoms in total. The molecule has 0 fully saturated rings. The van der Waals surface area contributed by atoms with E-state index in [0.29, 0.717) is 5.39 Å². The molecule has 0 aliphatic carbocycles. The van der Waals surface area contributed by atoms with Crippen molar-refractivity contribution in [3.63, 3.8) is 0 Å². The normalized spacial score (nSPS) is 11.4. The predicted molar refractivity (Wildman–Crippen MR) is 111 cm³/mol. The summed E-state index contributed by atoms with van der Waals surface area (Å²) in [4.78, 5) is 24.8. The molecule has 156 valence electrons. The number of carbonyl (C=O) groups is 1. The third-order valence-corrected chi connectivity index (χ3v) is 5.88. The molecular weight excluding hydrogens is 425 g/mol. The largest absolute Gasteiger partial charge is 0.508 e. The van der Waals surface area contributed by atoms with Gasteiger partial charge in [-0.3, -0.25) is 9.52 Å². The Morgan fingerprint density at radius 1 is 0.935 bits per heavy atom. The number of hydrogen-bond acceptors (Lipinski definition) is 6. The smallest absolute Gasteiger partial charge is 0.347 e. The molecule has 2 N–H and O–H groups in total. The van der Waals surface area contributed by atoms with Gasteiger partial charge in [-0.2, -0.15) is 0 Å². The van der Waals surface area contributed by atoms with Gasteiger partial charge in [-0.25, -0.2) is 17.6 Å². The maximum Gasteiger partial charge on any atom is 0.347 e. The number of hydrogen-bond donors (Lipinski definition) is 2. The molecule has 0 saturated carbocycles.